The second-order valence-corrected chi connectivity index (χ2v) is 4.43. The van der Waals surface area contributed by atoms with Crippen LogP contribution in [-0.2, 0) is 4.74 Å². The zero-order valence-electron chi connectivity index (χ0n) is 8.99. The van der Waals surface area contributed by atoms with Crippen molar-refractivity contribution in [3.63, 3.8) is 0 Å². The molecule has 84 valence electrons. The molecule has 2 unspecified atom stereocenters. The predicted molar refractivity (Wildman–Crippen MR) is 54.1 cm³/mol. The lowest BCUT2D eigenvalue weighted by atomic mass is 9.96. The molecule has 1 aliphatic heterocycles. The molecule has 0 aromatic carbocycles. The van der Waals surface area contributed by atoms with Crippen LogP contribution in [-0.4, -0.2) is 48.2 Å². The van der Waals surface area contributed by atoms with Crippen LogP contribution >= 0.6 is 0 Å². The number of aliphatic hydroxyl groups is 2. The molecule has 0 saturated carbocycles. The number of ether oxygens (including phenoxy) is 1. The zero-order valence-corrected chi connectivity index (χ0v) is 8.99. The summed E-state index contributed by atoms with van der Waals surface area (Å²) in [6.07, 6.45) is 1.06. The summed E-state index contributed by atoms with van der Waals surface area (Å²) < 4.78 is 5.29. The van der Waals surface area contributed by atoms with Crippen molar-refractivity contribution >= 4 is 0 Å². The third kappa shape index (κ3) is 2.92. The highest BCUT2D eigenvalue weighted by Gasteiger charge is 2.29. The Kier molecular flexibility index (Phi) is 4.31. The molecule has 0 amide bonds. The summed E-state index contributed by atoms with van der Waals surface area (Å²) in [5.74, 6) is 0.493. The van der Waals surface area contributed by atoms with Gasteiger partial charge in [-0.1, -0.05) is 0 Å². The van der Waals surface area contributed by atoms with E-state index in [1.54, 1.807) is 0 Å². The summed E-state index contributed by atoms with van der Waals surface area (Å²) in [7, 11) is 0. The van der Waals surface area contributed by atoms with E-state index in [2.05, 4.69) is 12.2 Å². The standard InChI is InChI=1S/C10H21NO3/c1-8(9-3-4-14-5-9)11-10(2,6-12)7-13/h8-9,11-13H,3-7H2,1-2H3. The number of rotatable bonds is 5. The second-order valence-electron chi connectivity index (χ2n) is 4.43. The number of hydrogen-bond acceptors (Lipinski definition) is 4. The SMILES string of the molecule is CC(NC(C)(CO)CO)C1CCOC1. The summed E-state index contributed by atoms with van der Waals surface area (Å²) >= 11 is 0. The highest BCUT2D eigenvalue weighted by Crippen LogP contribution is 2.18. The third-order valence-corrected chi connectivity index (χ3v) is 2.95. The molecule has 0 aliphatic carbocycles. The van der Waals surface area contributed by atoms with Crippen LogP contribution in [0.1, 0.15) is 20.3 Å². The van der Waals surface area contributed by atoms with Gasteiger partial charge in [0.2, 0.25) is 0 Å². The van der Waals surface area contributed by atoms with E-state index in [0.717, 1.165) is 19.6 Å². The van der Waals surface area contributed by atoms with Gasteiger partial charge in [0.1, 0.15) is 0 Å². The fraction of sp³-hybridized carbons (Fsp3) is 1.00. The second kappa shape index (κ2) is 5.07. The van der Waals surface area contributed by atoms with Crippen LogP contribution in [0.15, 0.2) is 0 Å². The van der Waals surface area contributed by atoms with Crippen LogP contribution in [0.3, 0.4) is 0 Å². The highest BCUT2D eigenvalue weighted by molar-refractivity contribution is 4.87. The normalized spacial score (nSPS) is 25.3. The van der Waals surface area contributed by atoms with Crippen LogP contribution < -0.4 is 5.32 Å². The van der Waals surface area contributed by atoms with Crippen LogP contribution in [0.25, 0.3) is 0 Å². The largest absolute Gasteiger partial charge is 0.394 e. The molecule has 2 atom stereocenters. The molecule has 4 nitrogen and oxygen atoms in total. The lowest BCUT2D eigenvalue weighted by molar-refractivity contribution is 0.0852. The number of hydrogen-bond donors (Lipinski definition) is 3. The fourth-order valence-electron chi connectivity index (χ4n) is 1.76. The van der Waals surface area contributed by atoms with Crippen molar-refractivity contribution in [2.75, 3.05) is 26.4 Å². The van der Waals surface area contributed by atoms with Crippen molar-refractivity contribution in [1.29, 1.82) is 0 Å². The monoisotopic (exact) mass is 203 g/mol. The first-order valence-electron chi connectivity index (χ1n) is 5.18. The third-order valence-electron chi connectivity index (χ3n) is 2.95. The maximum Gasteiger partial charge on any atom is 0.0633 e. The van der Waals surface area contributed by atoms with Gasteiger partial charge in [0, 0.05) is 12.6 Å². The van der Waals surface area contributed by atoms with Gasteiger partial charge in [0.15, 0.2) is 0 Å². The summed E-state index contributed by atoms with van der Waals surface area (Å²) in [5.41, 5.74) is -0.581. The molecule has 0 spiro atoms. The van der Waals surface area contributed by atoms with Gasteiger partial charge in [-0.15, -0.1) is 0 Å². The van der Waals surface area contributed by atoms with E-state index in [9.17, 15) is 0 Å². The molecular formula is C10H21NO3. The molecule has 0 radical (unpaired) electrons. The van der Waals surface area contributed by atoms with Crippen molar-refractivity contribution in [3.05, 3.63) is 0 Å². The Labute approximate surface area is 85.3 Å². The van der Waals surface area contributed by atoms with Crippen molar-refractivity contribution < 1.29 is 14.9 Å². The van der Waals surface area contributed by atoms with E-state index in [1.165, 1.54) is 0 Å². The Balaban J connectivity index is 2.41. The minimum absolute atomic E-state index is 0.0541. The van der Waals surface area contributed by atoms with Crippen LogP contribution in [0.2, 0.25) is 0 Å². The summed E-state index contributed by atoms with van der Waals surface area (Å²) in [6.45, 7) is 5.39. The summed E-state index contributed by atoms with van der Waals surface area (Å²) in [5, 5.41) is 21.5. The van der Waals surface area contributed by atoms with Crippen molar-refractivity contribution in [2.24, 2.45) is 5.92 Å². The van der Waals surface area contributed by atoms with Gasteiger partial charge in [0.25, 0.3) is 0 Å². The van der Waals surface area contributed by atoms with Crippen molar-refractivity contribution in [3.8, 4) is 0 Å². The number of aliphatic hydroxyl groups excluding tert-OH is 2. The Bertz CT molecular complexity index is 165. The average Bonchev–Trinajstić information content (AvgIpc) is 2.70. The number of nitrogens with one attached hydrogen (secondary N) is 1. The van der Waals surface area contributed by atoms with E-state index in [4.69, 9.17) is 14.9 Å². The van der Waals surface area contributed by atoms with E-state index in [1.807, 2.05) is 6.92 Å². The van der Waals surface area contributed by atoms with Gasteiger partial charge >= 0.3 is 0 Å². The average molecular weight is 203 g/mol. The van der Waals surface area contributed by atoms with E-state index in [0.29, 0.717) is 5.92 Å². The topological polar surface area (TPSA) is 61.7 Å². The minimum Gasteiger partial charge on any atom is -0.394 e. The molecule has 1 rings (SSSR count). The molecule has 0 bridgehead atoms. The Morgan fingerprint density at radius 1 is 1.50 bits per heavy atom. The minimum atomic E-state index is -0.581. The molecule has 3 N–H and O–H groups in total. The van der Waals surface area contributed by atoms with E-state index >= 15 is 0 Å². The van der Waals surface area contributed by atoms with Crippen LogP contribution in [0.5, 0.6) is 0 Å². The van der Waals surface area contributed by atoms with Gasteiger partial charge in [-0.05, 0) is 26.2 Å². The van der Waals surface area contributed by atoms with Crippen LogP contribution in [0, 0.1) is 5.92 Å². The summed E-state index contributed by atoms with van der Waals surface area (Å²) in [6, 6.07) is 0.266. The maximum atomic E-state index is 9.12. The van der Waals surface area contributed by atoms with E-state index < -0.39 is 5.54 Å². The quantitative estimate of drug-likeness (QED) is 0.576. The molecule has 1 aliphatic rings. The van der Waals surface area contributed by atoms with Crippen LogP contribution in [0.4, 0.5) is 0 Å². The first kappa shape index (κ1) is 11.9. The van der Waals surface area contributed by atoms with Gasteiger partial charge in [-0.3, -0.25) is 0 Å². The lowest BCUT2D eigenvalue weighted by Crippen LogP contribution is -2.54. The molecule has 1 fully saturated rings. The first-order chi connectivity index (χ1) is 6.61. The fourth-order valence-corrected chi connectivity index (χ4v) is 1.76. The van der Waals surface area contributed by atoms with Gasteiger partial charge in [-0.2, -0.15) is 0 Å². The first-order valence-corrected chi connectivity index (χ1v) is 5.18. The van der Waals surface area contributed by atoms with E-state index in [-0.39, 0.29) is 19.3 Å². The molecule has 14 heavy (non-hydrogen) atoms. The lowest BCUT2D eigenvalue weighted by Gasteiger charge is -2.32. The molecule has 1 heterocycles. The van der Waals surface area contributed by atoms with Crippen molar-refractivity contribution in [1.82, 2.24) is 5.32 Å². The molecular weight excluding hydrogens is 182 g/mol. The predicted octanol–water partition coefficient (Wildman–Crippen LogP) is -0.256. The van der Waals surface area contributed by atoms with Gasteiger partial charge in [-0.25, -0.2) is 0 Å². The molecule has 0 aromatic rings. The maximum absolute atomic E-state index is 9.12. The Morgan fingerprint density at radius 2 is 2.14 bits per heavy atom. The van der Waals surface area contributed by atoms with Crippen molar-refractivity contribution in [2.45, 2.75) is 31.8 Å². The van der Waals surface area contributed by atoms with Gasteiger partial charge in [0.05, 0.1) is 25.4 Å². The molecule has 0 aromatic heterocycles. The molecule has 1 saturated heterocycles. The Morgan fingerprint density at radius 3 is 2.57 bits per heavy atom. The molecule has 4 heteroatoms. The smallest absolute Gasteiger partial charge is 0.0633 e. The van der Waals surface area contributed by atoms with Gasteiger partial charge < -0.3 is 20.3 Å². The zero-order chi connectivity index (χ0) is 10.6. The highest BCUT2D eigenvalue weighted by atomic mass is 16.5. The Hall–Kier alpha value is -0.160. The summed E-state index contributed by atoms with van der Waals surface area (Å²) in [4.78, 5) is 0.